The summed E-state index contributed by atoms with van der Waals surface area (Å²) in [4.78, 5) is 18.7. The number of hydrogen-bond donors (Lipinski definition) is 1. The molecule has 4 heteroatoms. The van der Waals surface area contributed by atoms with Crippen molar-refractivity contribution in [1.82, 2.24) is 9.88 Å². The Morgan fingerprint density at radius 2 is 2.15 bits per heavy atom. The van der Waals surface area contributed by atoms with E-state index in [0.717, 1.165) is 30.3 Å². The van der Waals surface area contributed by atoms with Gasteiger partial charge in [0.05, 0.1) is 5.52 Å². The molecule has 1 amide bonds. The van der Waals surface area contributed by atoms with Crippen LogP contribution in [0.25, 0.3) is 10.9 Å². The van der Waals surface area contributed by atoms with Gasteiger partial charge in [-0.15, -0.1) is 0 Å². The lowest BCUT2D eigenvalue weighted by Gasteiger charge is -2.31. The van der Waals surface area contributed by atoms with Crippen molar-refractivity contribution in [3.63, 3.8) is 0 Å². The molecular formula is C16H18N2O2. The van der Waals surface area contributed by atoms with Crippen molar-refractivity contribution in [2.24, 2.45) is 5.92 Å². The average molecular weight is 270 g/mol. The molecule has 0 bridgehead atoms. The monoisotopic (exact) mass is 270 g/mol. The lowest BCUT2D eigenvalue weighted by atomic mass is 9.99. The molecule has 20 heavy (non-hydrogen) atoms. The standard InChI is InChI=1S/C16H18N2O2/c19-11-12-4-3-9-18(10-12)16(20)15-8-7-13-5-1-2-6-14(13)17-15/h1-2,5-8,12,19H,3-4,9-11H2. The number of aliphatic hydroxyl groups is 1. The number of piperidine rings is 1. The number of benzene rings is 1. The summed E-state index contributed by atoms with van der Waals surface area (Å²) in [6.07, 6.45) is 1.94. The van der Waals surface area contributed by atoms with Crippen LogP contribution < -0.4 is 0 Å². The molecule has 0 spiro atoms. The number of carbonyl (C=O) groups is 1. The van der Waals surface area contributed by atoms with E-state index in [4.69, 9.17) is 0 Å². The predicted molar refractivity (Wildman–Crippen MR) is 77.5 cm³/mol. The summed E-state index contributed by atoms with van der Waals surface area (Å²) in [6.45, 7) is 1.53. The molecule has 1 unspecified atom stereocenters. The number of aliphatic hydroxyl groups excluding tert-OH is 1. The second-order valence-electron chi connectivity index (χ2n) is 5.33. The summed E-state index contributed by atoms with van der Waals surface area (Å²) in [5, 5.41) is 10.3. The first-order valence-corrected chi connectivity index (χ1v) is 7.04. The van der Waals surface area contributed by atoms with Gasteiger partial charge in [-0.1, -0.05) is 24.3 Å². The number of nitrogens with zero attached hydrogens (tertiary/aromatic N) is 2. The molecule has 4 nitrogen and oxygen atoms in total. The van der Waals surface area contributed by atoms with Crippen LogP contribution in [0.2, 0.25) is 0 Å². The topological polar surface area (TPSA) is 53.4 Å². The zero-order valence-electron chi connectivity index (χ0n) is 11.3. The minimum Gasteiger partial charge on any atom is -0.396 e. The van der Waals surface area contributed by atoms with Crippen LogP contribution >= 0.6 is 0 Å². The van der Waals surface area contributed by atoms with Gasteiger partial charge in [0.2, 0.25) is 0 Å². The molecule has 0 aliphatic carbocycles. The number of aromatic nitrogens is 1. The van der Waals surface area contributed by atoms with E-state index in [-0.39, 0.29) is 18.4 Å². The Morgan fingerprint density at radius 3 is 3.00 bits per heavy atom. The van der Waals surface area contributed by atoms with E-state index in [0.29, 0.717) is 12.2 Å². The average Bonchev–Trinajstić information content (AvgIpc) is 2.53. The highest BCUT2D eigenvalue weighted by Gasteiger charge is 2.24. The number of amides is 1. The Bertz CT molecular complexity index is 627. The SMILES string of the molecule is O=C(c1ccc2ccccc2n1)N1CCCC(CO)C1. The number of rotatable bonds is 2. The quantitative estimate of drug-likeness (QED) is 0.909. The molecule has 0 radical (unpaired) electrons. The normalized spacial score (nSPS) is 19.2. The van der Waals surface area contributed by atoms with Gasteiger partial charge in [0.1, 0.15) is 5.69 Å². The second-order valence-corrected chi connectivity index (χ2v) is 5.33. The van der Waals surface area contributed by atoms with Crippen molar-refractivity contribution in [1.29, 1.82) is 0 Å². The van der Waals surface area contributed by atoms with Crippen LogP contribution in [0.4, 0.5) is 0 Å². The van der Waals surface area contributed by atoms with Crippen molar-refractivity contribution in [2.75, 3.05) is 19.7 Å². The van der Waals surface area contributed by atoms with Crippen LogP contribution in [0.1, 0.15) is 23.3 Å². The van der Waals surface area contributed by atoms with E-state index < -0.39 is 0 Å². The Labute approximate surface area is 118 Å². The summed E-state index contributed by atoms with van der Waals surface area (Å²) in [7, 11) is 0. The van der Waals surface area contributed by atoms with E-state index in [1.54, 1.807) is 6.07 Å². The zero-order chi connectivity index (χ0) is 13.9. The van der Waals surface area contributed by atoms with Gasteiger partial charge in [-0.05, 0) is 30.9 Å². The molecule has 1 fully saturated rings. The number of carbonyl (C=O) groups excluding carboxylic acids is 1. The fourth-order valence-electron chi connectivity index (χ4n) is 2.75. The van der Waals surface area contributed by atoms with Crippen LogP contribution in [-0.2, 0) is 0 Å². The van der Waals surface area contributed by atoms with E-state index in [1.165, 1.54) is 0 Å². The third kappa shape index (κ3) is 2.51. The summed E-state index contributed by atoms with van der Waals surface area (Å²) < 4.78 is 0. The molecule has 2 aromatic rings. The lowest BCUT2D eigenvalue weighted by molar-refractivity contribution is 0.0615. The largest absolute Gasteiger partial charge is 0.396 e. The van der Waals surface area contributed by atoms with Gasteiger partial charge in [-0.25, -0.2) is 4.98 Å². The minimum absolute atomic E-state index is 0.0334. The molecule has 1 saturated heterocycles. The molecular weight excluding hydrogens is 252 g/mol. The maximum atomic E-state index is 12.5. The van der Waals surface area contributed by atoms with Gasteiger partial charge in [0.15, 0.2) is 0 Å². The molecule has 1 aromatic carbocycles. The Morgan fingerprint density at radius 1 is 1.30 bits per heavy atom. The van der Waals surface area contributed by atoms with Crippen molar-refractivity contribution in [3.8, 4) is 0 Å². The lowest BCUT2D eigenvalue weighted by Crippen LogP contribution is -2.41. The maximum Gasteiger partial charge on any atom is 0.272 e. The van der Waals surface area contributed by atoms with Crippen molar-refractivity contribution in [2.45, 2.75) is 12.8 Å². The van der Waals surface area contributed by atoms with Gasteiger partial charge < -0.3 is 10.0 Å². The summed E-state index contributed by atoms with van der Waals surface area (Å²) >= 11 is 0. The molecule has 0 saturated carbocycles. The third-order valence-corrected chi connectivity index (χ3v) is 3.88. The molecule has 2 heterocycles. The highest BCUT2D eigenvalue weighted by molar-refractivity contribution is 5.94. The number of hydrogen-bond acceptors (Lipinski definition) is 3. The fraction of sp³-hybridized carbons (Fsp3) is 0.375. The molecule has 1 aliphatic rings. The van der Waals surface area contributed by atoms with E-state index in [1.807, 2.05) is 35.2 Å². The third-order valence-electron chi connectivity index (χ3n) is 3.88. The number of para-hydroxylation sites is 1. The number of fused-ring (bicyclic) bond motifs is 1. The smallest absolute Gasteiger partial charge is 0.272 e. The number of likely N-dealkylation sites (tertiary alicyclic amines) is 1. The van der Waals surface area contributed by atoms with Gasteiger partial charge in [-0.3, -0.25) is 4.79 Å². The Hall–Kier alpha value is -1.94. The van der Waals surface area contributed by atoms with Crippen LogP contribution in [0, 0.1) is 5.92 Å². The van der Waals surface area contributed by atoms with E-state index >= 15 is 0 Å². The maximum absolute atomic E-state index is 12.5. The number of pyridine rings is 1. The Kier molecular flexibility index (Phi) is 3.65. The van der Waals surface area contributed by atoms with E-state index in [9.17, 15) is 9.90 Å². The molecule has 1 atom stereocenters. The summed E-state index contributed by atoms with van der Waals surface area (Å²) in [5.41, 5.74) is 1.33. The summed E-state index contributed by atoms with van der Waals surface area (Å²) in [5.74, 6) is 0.169. The highest BCUT2D eigenvalue weighted by atomic mass is 16.3. The second kappa shape index (κ2) is 5.59. The minimum atomic E-state index is -0.0334. The highest BCUT2D eigenvalue weighted by Crippen LogP contribution is 2.19. The van der Waals surface area contributed by atoms with Crippen molar-refractivity contribution >= 4 is 16.8 Å². The first kappa shape index (κ1) is 13.1. The van der Waals surface area contributed by atoms with Gasteiger partial charge in [0.25, 0.3) is 5.91 Å². The van der Waals surface area contributed by atoms with Gasteiger partial charge in [-0.2, -0.15) is 0 Å². The first-order valence-electron chi connectivity index (χ1n) is 7.04. The van der Waals surface area contributed by atoms with Crippen LogP contribution in [0.15, 0.2) is 36.4 Å². The predicted octanol–water partition coefficient (Wildman–Crippen LogP) is 2.08. The van der Waals surface area contributed by atoms with Crippen LogP contribution in [0.3, 0.4) is 0 Å². The summed E-state index contributed by atoms with van der Waals surface area (Å²) in [6, 6.07) is 11.5. The Balaban J connectivity index is 1.84. The van der Waals surface area contributed by atoms with E-state index in [2.05, 4.69) is 4.98 Å². The molecule has 1 aromatic heterocycles. The molecule has 1 aliphatic heterocycles. The first-order chi connectivity index (χ1) is 9.78. The van der Waals surface area contributed by atoms with Gasteiger partial charge >= 0.3 is 0 Å². The molecule has 3 rings (SSSR count). The van der Waals surface area contributed by atoms with Crippen molar-refractivity contribution in [3.05, 3.63) is 42.1 Å². The fourth-order valence-corrected chi connectivity index (χ4v) is 2.75. The molecule has 1 N–H and O–H groups in total. The zero-order valence-corrected chi connectivity index (χ0v) is 11.3. The van der Waals surface area contributed by atoms with Crippen molar-refractivity contribution < 1.29 is 9.90 Å². The van der Waals surface area contributed by atoms with Gasteiger partial charge in [0, 0.05) is 25.1 Å². The molecule has 104 valence electrons. The van der Waals surface area contributed by atoms with Crippen LogP contribution in [-0.4, -0.2) is 40.6 Å². The van der Waals surface area contributed by atoms with Crippen LogP contribution in [0.5, 0.6) is 0 Å².